The van der Waals surface area contributed by atoms with Crippen molar-refractivity contribution in [1.29, 1.82) is 0 Å². The molecule has 0 radical (unpaired) electrons. The third-order valence-corrected chi connectivity index (χ3v) is 2.61. The topological polar surface area (TPSA) is 25.2 Å². The van der Waals surface area contributed by atoms with Gasteiger partial charge < -0.3 is 9.67 Å². The van der Waals surface area contributed by atoms with Crippen molar-refractivity contribution in [3.05, 3.63) is 35.8 Å². The van der Waals surface area contributed by atoms with E-state index in [9.17, 15) is 9.50 Å². The minimum atomic E-state index is -0.235. The summed E-state index contributed by atoms with van der Waals surface area (Å²) in [6.45, 7) is 3.93. The van der Waals surface area contributed by atoms with Crippen molar-refractivity contribution in [2.45, 2.75) is 26.5 Å². The fraction of sp³-hybridized carbons (Fsp3) is 0.333. The van der Waals surface area contributed by atoms with Crippen LogP contribution in [-0.4, -0.2) is 9.67 Å². The van der Waals surface area contributed by atoms with Crippen LogP contribution in [0, 0.1) is 5.82 Å². The van der Waals surface area contributed by atoms with E-state index in [0.29, 0.717) is 5.52 Å². The first-order valence-electron chi connectivity index (χ1n) is 5.04. The third-order valence-electron chi connectivity index (χ3n) is 2.61. The van der Waals surface area contributed by atoms with Crippen LogP contribution in [0.5, 0.6) is 0 Å². The lowest BCUT2D eigenvalue weighted by Gasteiger charge is -2.09. The first kappa shape index (κ1) is 10.2. The van der Waals surface area contributed by atoms with Gasteiger partial charge in [-0.1, -0.05) is 12.1 Å². The summed E-state index contributed by atoms with van der Waals surface area (Å²) in [5, 5.41) is 9.98. The molecule has 0 aliphatic heterocycles. The summed E-state index contributed by atoms with van der Waals surface area (Å²) in [6.07, 6.45) is 1.82. The van der Waals surface area contributed by atoms with E-state index in [-0.39, 0.29) is 18.5 Å². The average Bonchev–Trinajstić information content (AvgIpc) is 2.58. The molecule has 1 aromatic carbocycles. The molecule has 2 rings (SSSR count). The number of aliphatic hydroxyl groups excluding tert-OH is 1. The van der Waals surface area contributed by atoms with Gasteiger partial charge >= 0.3 is 0 Å². The predicted octanol–water partition coefficient (Wildman–Crippen LogP) is 2.85. The maximum absolute atomic E-state index is 13.7. The van der Waals surface area contributed by atoms with Crippen molar-refractivity contribution in [2.24, 2.45) is 0 Å². The molecule has 0 saturated carbocycles. The van der Waals surface area contributed by atoms with Gasteiger partial charge in [0.2, 0.25) is 0 Å². The lowest BCUT2D eigenvalue weighted by atomic mass is 10.2. The summed E-state index contributed by atoms with van der Waals surface area (Å²) in [6, 6.07) is 5.14. The van der Waals surface area contributed by atoms with Crippen LogP contribution >= 0.6 is 0 Å². The van der Waals surface area contributed by atoms with Gasteiger partial charge in [0.25, 0.3) is 0 Å². The molecular weight excluding hydrogens is 193 g/mol. The van der Waals surface area contributed by atoms with Crippen molar-refractivity contribution >= 4 is 10.9 Å². The molecule has 0 atom stereocenters. The standard InChI is InChI=1S/C12H14FNO/c1-8(2)14-6-9(7-15)10-4-3-5-11(13)12(10)14/h3-6,8,15H,7H2,1-2H3. The van der Waals surface area contributed by atoms with Crippen LogP contribution in [-0.2, 0) is 6.61 Å². The minimum Gasteiger partial charge on any atom is -0.392 e. The van der Waals surface area contributed by atoms with Crippen molar-refractivity contribution in [3.8, 4) is 0 Å². The quantitative estimate of drug-likeness (QED) is 0.804. The molecule has 3 heteroatoms. The van der Waals surface area contributed by atoms with E-state index in [2.05, 4.69) is 0 Å². The molecule has 1 heterocycles. The van der Waals surface area contributed by atoms with Gasteiger partial charge in [-0.05, 0) is 19.9 Å². The molecular formula is C12H14FNO. The van der Waals surface area contributed by atoms with Crippen LogP contribution < -0.4 is 0 Å². The fourth-order valence-electron chi connectivity index (χ4n) is 1.87. The number of fused-ring (bicyclic) bond motifs is 1. The molecule has 80 valence electrons. The number of rotatable bonds is 2. The first-order chi connectivity index (χ1) is 7.15. The Morgan fingerprint density at radius 2 is 2.13 bits per heavy atom. The molecule has 2 aromatic rings. The number of benzene rings is 1. The number of aliphatic hydroxyl groups is 1. The zero-order chi connectivity index (χ0) is 11.0. The Morgan fingerprint density at radius 3 is 2.73 bits per heavy atom. The van der Waals surface area contributed by atoms with E-state index in [1.807, 2.05) is 30.7 Å². The van der Waals surface area contributed by atoms with Gasteiger partial charge in [-0.15, -0.1) is 0 Å². The highest BCUT2D eigenvalue weighted by Crippen LogP contribution is 2.26. The smallest absolute Gasteiger partial charge is 0.147 e. The number of para-hydroxylation sites is 1. The molecule has 1 N–H and O–H groups in total. The minimum absolute atomic E-state index is 0.0559. The van der Waals surface area contributed by atoms with E-state index in [1.54, 1.807) is 6.07 Å². The Hall–Kier alpha value is -1.35. The Morgan fingerprint density at radius 1 is 1.40 bits per heavy atom. The van der Waals surface area contributed by atoms with Gasteiger partial charge in [0.05, 0.1) is 12.1 Å². The number of hydrogen-bond donors (Lipinski definition) is 1. The lowest BCUT2D eigenvalue weighted by molar-refractivity contribution is 0.283. The van der Waals surface area contributed by atoms with Crippen LogP contribution in [0.15, 0.2) is 24.4 Å². The van der Waals surface area contributed by atoms with E-state index in [0.717, 1.165) is 10.9 Å². The monoisotopic (exact) mass is 207 g/mol. The normalized spacial score (nSPS) is 11.5. The van der Waals surface area contributed by atoms with Gasteiger partial charge in [0.15, 0.2) is 0 Å². The molecule has 0 amide bonds. The average molecular weight is 207 g/mol. The highest BCUT2D eigenvalue weighted by atomic mass is 19.1. The summed E-state index contributed by atoms with van der Waals surface area (Å²) < 4.78 is 15.5. The Bertz CT molecular complexity index is 488. The molecule has 0 bridgehead atoms. The molecule has 0 aliphatic rings. The highest BCUT2D eigenvalue weighted by molar-refractivity contribution is 5.84. The lowest BCUT2D eigenvalue weighted by Crippen LogP contribution is -1.99. The molecule has 0 fully saturated rings. The number of hydrogen-bond acceptors (Lipinski definition) is 1. The van der Waals surface area contributed by atoms with E-state index in [4.69, 9.17) is 0 Å². The molecule has 2 nitrogen and oxygen atoms in total. The second-order valence-corrected chi connectivity index (χ2v) is 3.95. The summed E-state index contributed by atoms with van der Waals surface area (Å²) in [4.78, 5) is 0. The summed E-state index contributed by atoms with van der Waals surface area (Å²) in [5.41, 5.74) is 1.36. The largest absolute Gasteiger partial charge is 0.392 e. The van der Waals surface area contributed by atoms with Gasteiger partial charge in [0.1, 0.15) is 5.82 Å². The Labute approximate surface area is 88.0 Å². The molecule has 0 spiro atoms. The zero-order valence-corrected chi connectivity index (χ0v) is 8.87. The molecule has 0 aliphatic carbocycles. The second-order valence-electron chi connectivity index (χ2n) is 3.95. The fourth-order valence-corrected chi connectivity index (χ4v) is 1.87. The van der Waals surface area contributed by atoms with E-state index >= 15 is 0 Å². The van der Waals surface area contributed by atoms with Crippen LogP contribution in [0.4, 0.5) is 4.39 Å². The van der Waals surface area contributed by atoms with Crippen molar-refractivity contribution in [2.75, 3.05) is 0 Å². The second kappa shape index (κ2) is 3.66. The third kappa shape index (κ3) is 1.53. The van der Waals surface area contributed by atoms with Gasteiger partial charge in [-0.2, -0.15) is 0 Å². The van der Waals surface area contributed by atoms with Gasteiger partial charge in [-0.3, -0.25) is 0 Å². The summed E-state index contributed by atoms with van der Waals surface area (Å²) in [7, 11) is 0. The van der Waals surface area contributed by atoms with Crippen LogP contribution in [0.2, 0.25) is 0 Å². The van der Waals surface area contributed by atoms with E-state index < -0.39 is 0 Å². The predicted molar refractivity (Wildman–Crippen MR) is 58.2 cm³/mol. The SMILES string of the molecule is CC(C)n1cc(CO)c2cccc(F)c21. The number of nitrogens with zero attached hydrogens (tertiary/aromatic N) is 1. The van der Waals surface area contributed by atoms with Crippen molar-refractivity contribution in [1.82, 2.24) is 4.57 Å². The zero-order valence-electron chi connectivity index (χ0n) is 8.87. The highest BCUT2D eigenvalue weighted by Gasteiger charge is 2.12. The first-order valence-corrected chi connectivity index (χ1v) is 5.04. The summed E-state index contributed by atoms with van der Waals surface area (Å²) >= 11 is 0. The van der Waals surface area contributed by atoms with Crippen LogP contribution in [0.25, 0.3) is 10.9 Å². The van der Waals surface area contributed by atoms with Crippen molar-refractivity contribution in [3.63, 3.8) is 0 Å². The molecule has 1 aromatic heterocycles. The molecule has 0 unspecified atom stereocenters. The maximum atomic E-state index is 13.7. The molecule has 15 heavy (non-hydrogen) atoms. The van der Waals surface area contributed by atoms with Crippen molar-refractivity contribution < 1.29 is 9.50 Å². The number of halogens is 1. The van der Waals surface area contributed by atoms with Crippen LogP contribution in [0.3, 0.4) is 0 Å². The van der Waals surface area contributed by atoms with Crippen LogP contribution in [0.1, 0.15) is 25.5 Å². The maximum Gasteiger partial charge on any atom is 0.147 e. The van der Waals surface area contributed by atoms with Gasteiger partial charge in [0, 0.05) is 23.2 Å². The Balaban J connectivity index is 2.82. The Kier molecular flexibility index (Phi) is 2.49. The number of aromatic nitrogens is 1. The molecule has 0 saturated heterocycles. The summed E-state index contributed by atoms with van der Waals surface area (Å²) in [5.74, 6) is -0.235. The van der Waals surface area contributed by atoms with Gasteiger partial charge in [-0.25, -0.2) is 4.39 Å². The van der Waals surface area contributed by atoms with E-state index in [1.165, 1.54) is 6.07 Å².